The Morgan fingerprint density at radius 3 is 2.11 bits per heavy atom. The highest BCUT2D eigenvalue weighted by Crippen LogP contribution is 2.22. The Bertz CT molecular complexity index is 387. The van der Waals surface area contributed by atoms with Gasteiger partial charge < -0.3 is 10.2 Å². The van der Waals surface area contributed by atoms with Gasteiger partial charge in [-0.1, -0.05) is 49.9 Å². The molecule has 3 nitrogen and oxygen atoms in total. The summed E-state index contributed by atoms with van der Waals surface area (Å²) in [6, 6.07) is 7.55. The first kappa shape index (κ1) is 15.2. The van der Waals surface area contributed by atoms with Crippen LogP contribution in [0.1, 0.15) is 43.9 Å². The van der Waals surface area contributed by atoms with Gasteiger partial charge in [0, 0.05) is 12.7 Å². The average molecular weight is 268 g/mol. The van der Waals surface area contributed by atoms with Gasteiger partial charge in [0.1, 0.15) is 6.10 Å². The summed E-state index contributed by atoms with van der Waals surface area (Å²) in [6.45, 7) is 5.65. The Balaban J connectivity index is 2.65. The zero-order chi connectivity index (χ0) is 13.7. The summed E-state index contributed by atoms with van der Waals surface area (Å²) in [4.78, 5) is 10.8. The first-order valence-electron chi connectivity index (χ1n) is 6.01. The van der Waals surface area contributed by atoms with Crippen LogP contribution in [0.25, 0.3) is 0 Å². The molecule has 1 rings (SSSR count). The average Bonchev–Trinajstić information content (AvgIpc) is 2.35. The van der Waals surface area contributed by atoms with Crippen molar-refractivity contribution in [2.75, 3.05) is 5.75 Å². The molecule has 0 radical (unpaired) electrons. The molecule has 100 valence electrons. The number of carbonyl (C=O) groups excluding carboxylic acids is 1. The van der Waals surface area contributed by atoms with E-state index < -0.39 is 12.2 Å². The van der Waals surface area contributed by atoms with E-state index in [2.05, 4.69) is 13.8 Å². The maximum Gasteiger partial charge on any atom is 0.185 e. The summed E-state index contributed by atoms with van der Waals surface area (Å²) in [5.74, 6) is 0.650. The van der Waals surface area contributed by atoms with Crippen molar-refractivity contribution in [1.82, 2.24) is 0 Å². The zero-order valence-corrected chi connectivity index (χ0v) is 11.8. The number of aliphatic hydroxyl groups is 2. The fraction of sp³-hybridized carbons (Fsp3) is 0.500. The van der Waals surface area contributed by atoms with Crippen molar-refractivity contribution < 1.29 is 15.0 Å². The highest BCUT2D eigenvalue weighted by Gasteiger charge is 2.19. The smallest absolute Gasteiger partial charge is 0.185 e. The predicted octanol–water partition coefficient (Wildman–Crippen LogP) is 2.48. The lowest BCUT2D eigenvalue weighted by atomic mass is 9.98. The van der Waals surface area contributed by atoms with E-state index in [0.29, 0.717) is 11.5 Å². The third kappa shape index (κ3) is 4.44. The van der Waals surface area contributed by atoms with Gasteiger partial charge in [-0.2, -0.15) is 0 Å². The lowest BCUT2D eigenvalue weighted by molar-refractivity contribution is -0.109. The second-order valence-electron chi connectivity index (χ2n) is 4.64. The third-order valence-corrected chi connectivity index (χ3v) is 3.68. The third-order valence-electron chi connectivity index (χ3n) is 2.77. The fourth-order valence-electron chi connectivity index (χ4n) is 1.59. The van der Waals surface area contributed by atoms with Gasteiger partial charge in [-0.3, -0.25) is 4.79 Å². The van der Waals surface area contributed by atoms with Gasteiger partial charge in [-0.15, -0.1) is 0 Å². The van der Waals surface area contributed by atoms with Gasteiger partial charge in [0.25, 0.3) is 0 Å². The van der Waals surface area contributed by atoms with Crippen LogP contribution in [-0.4, -0.2) is 27.2 Å². The highest BCUT2D eigenvalue weighted by atomic mass is 32.2. The normalized spacial score (nSPS) is 14.6. The molecule has 0 amide bonds. The first-order valence-corrected chi connectivity index (χ1v) is 6.99. The van der Waals surface area contributed by atoms with Crippen LogP contribution in [0.3, 0.4) is 0 Å². The summed E-state index contributed by atoms with van der Waals surface area (Å²) < 4.78 is 0. The second-order valence-corrected chi connectivity index (χ2v) is 5.83. The van der Waals surface area contributed by atoms with Crippen LogP contribution in [-0.2, 0) is 4.79 Å². The van der Waals surface area contributed by atoms with E-state index in [1.807, 2.05) is 24.3 Å². The molecule has 0 saturated carbocycles. The largest absolute Gasteiger partial charge is 0.389 e. The summed E-state index contributed by atoms with van der Waals surface area (Å²) in [5, 5.41) is 19.7. The Labute approximate surface area is 112 Å². The molecule has 0 aliphatic heterocycles. The van der Waals surface area contributed by atoms with Crippen molar-refractivity contribution in [1.29, 1.82) is 0 Å². The van der Waals surface area contributed by atoms with Crippen molar-refractivity contribution >= 4 is 16.9 Å². The van der Waals surface area contributed by atoms with Gasteiger partial charge in [-0.25, -0.2) is 0 Å². The maximum atomic E-state index is 10.8. The molecule has 4 heteroatoms. The molecule has 2 atom stereocenters. The molecule has 0 heterocycles. The summed E-state index contributed by atoms with van der Waals surface area (Å²) in [6.07, 6.45) is -1.87. The lowest BCUT2D eigenvalue weighted by Gasteiger charge is -2.18. The molecular formula is C14H20O3S. The number of hydrogen-bond donors (Lipinski definition) is 2. The number of hydrogen-bond acceptors (Lipinski definition) is 4. The summed E-state index contributed by atoms with van der Waals surface area (Å²) in [7, 11) is 0. The van der Waals surface area contributed by atoms with E-state index in [4.69, 9.17) is 0 Å². The van der Waals surface area contributed by atoms with Crippen LogP contribution < -0.4 is 0 Å². The number of rotatable bonds is 5. The number of aliphatic hydroxyl groups excluding tert-OH is 2. The van der Waals surface area contributed by atoms with Gasteiger partial charge in [0.05, 0.1) is 6.10 Å². The van der Waals surface area contributed by atoms with Gasteiger partial charge in [0.15, 0.2) is 5.12 Å². The van der Waals surface area contributed by atoms with Crippen molar-refractivity contribution in [3.63, 3.8) is 0 Å². The van der Waals surface area contributed by atoms with E-state index in [-0.39, 0.29) is 10.9 Å². The Morgan fingerprint density at radius 1 is 1.17 bits per heavy atom. The summed E-state index contributed by atoms with van der Waals surface area (Å²) in [5.41, 5.74) is 1.87. The Hall–Kier alpha value is -0.840. The minimum absolute atomic E-state index is 0.0589. The number of thioether (sulfide) groups is 1. The molecule has 2 N–H and O–H groups in total. The van der Waals surface area contributed by atoms with Gasteiger partial charge >= 0.3 is 0 Å². The van der Waals surface area contributed by atoms with Crippen LogP contribution in [0.5, 0.6) is 0 Å². The molecule has 0 fully saturated rings. The van der Waals surface area contributed by atoms with Crippen molar-refractivity contribution in [2.24, 2.45) is 0 Å². The molecule has 0 spiro atoms. The molecule has 0 saturated heterocycles. The standard InChI is InChI=1S/C14H20O3S/c1-9(2)11-4-6-12(7-5-11)14(17)13(16)8-18-10(3)15/h4-7,9,13-14,16-17H,8H2,1-3H3. The Morgan fingerprint density at radius 2 is 1.67 bits per heavy atom. The van der Waals surface area contributed by atoms with E-state index in [0.717, 1.165) is 11.8 Å². The molecule has 0 aliphatic carbocycles. The quantitative estimate of drug-likeness (QED) is 0.861. The zero-order valence-electron chi connectivity index (χ0n) is 11.0. The van der Waals surface area contributed by atoms with E-state index in [1.165, 1.54) is 12.5 Å². The predicted molar refractivity (Wildman–Crippen MR) is 74.6 cm³/mol. The molecule has 1 aromatic rings. The summed E-state index contributed by atoms with van der Waals surface area (Å²) >= 11 is 1.02. The van der Waals surface area contributed by atoms with Crippen molar-refractivity contribution in [3.8, 4) is 0 Å². The van der Waals surface area contributed by atoms with Gasteiger partial charge in [0.2, 0.25) is 0 Å². The Kier molecular flexibility index (Phi) is 5.85. The van der Waals surface area contributed by atoms with Crippen LogP contribution >= 0.6 is 11.8 Å². The van der Waals surface area contributed by atoms with Crippen molar-refractivity contribution in [3.05, 3.63) is 35.4 Å². The molecule has 0 bridgehead atoms. The molecular weight excluding hydrogens is 248 g/mol. The van der Waals surface area contributed by atoms with Gasteiger partial charge in [-0.05, 0) is 17.0 Å². The monoisotopic (exact) mass is 268 g/mol. The van der Waals surface area contributed by atoms with E-state index in [9.17, 15) is 15.0 Å². The lowest BCUT2D eigenvalue weighted by Crippen LogP contribution is -2.21. The number of benzene rings is 1. The molecule has 0 aromatic heterocycles. The molecule has 2 unspecified atom stereocenters. The molecule has 1 aromatic carbocycles. The molecule has 18 heavy (non-hydrogen) atoms. The first-order chi connectivity index (χ1) is 8.41. The van der Waals surface area contributed by atoms with E-state index in [1.54, 1.807) is 0 Å². The highest BCUT2D eigenvalue weighted by molar-refractivity contribution is 8.13. The topological polar surface area (TPSA) is 57.5 Å². The van der Waals surface area contributed by atoms with Crippen molar-refractivity contribution in [2.45, 2.75) is 38.9 Å². The maximum absolute atomic E-state index is 10.8. The van der Waals surface area contributed by atoms with Crippen LogP contribution in [0.2, 0.25) is 0 Å². The molecule has 0 aliphatic rings. The van der Waals surface area contributed by atoms with E-state index >= 15 is 0 Å². The van der Waals surface area contributed by atoms with Crippen LogP contribution in [0.15, 0.2) is 24.3 Å². The van der Waals surface area contributed by atoms with Crippen LogP contribution in [0, 0.1) is 0 Å². The fourth-order valence-corrected chi connectivity index (χ4v) is 2.18. The minimum atomic E-state index is -0.946. The number of carbonyl (C=O) groups is 1. The van der Waals surface area contributed by atoms with Crippen LogP contribution in [0.4, 0.5) is 0 Å². The SMILES string of the molecule is CC(=O)SCC(O)C(O)c1ccc(C(C)C)cc1. The second kappa shape index (κ2) is 6.92. The minimum Gasteiger partial charge on any atom is -0.389 e.